The highest BCUT2D eigenvalue weighted by atomic mass is 16.2. The number of carbonyl (C=O) groups is 1. The van der Waals surface area contributed by atoms with Crippen molar-refractivity contribution in [1.29, 1.82) is 0 Å². The Labute approximate surface area is 149 Å². The lowest BCUT2D eigenvalue weighted by Crippen LogP contribution is -2.35. The lowest BCUT2D eigenvalue weighted by Gasteiger charge is -2.16. The molecular weight excluding hydrogens is 312 g/mol. The van der Waals surface area contributed by atoms with Crippen molar-refractivity contribution >= 4 is 11.7 Å². The van der Waals surface area contributed by atoms with Gasteiger partial charge in [-0.3, -0.25) is 4.79 Å². The Morgan fingerprint density at radius 3 is 2.36 bits per heavy atom. The van der Waals surface area contributed by atoms with Gasteiger partial charge in [-0.05, 0) is 37.5 Å². The van der Waals surface area contributed by atoms with Crippen LogP contribution < -0.4 is 10.6 Å². The fourth-order valence-corrected chi connectivity index (χ4v) is 3.26. The van der Waals surface area contributed by atoms with Gasteiger partial charge in [-0.15, -0.1) is 10.2 Å². The zero-order chi connectivity index (χ0) is 17.5. The van der Waals surface area contributed by atoms with E-state index in [0.717, 1.165) is 12.8 Å². The SMILES string of the molecule is CC(Nc1ccc(C(=O)NC2CCCCCC2)nn1)c1ccccc1. The van der Waals surface area contributed by atoms with Gasteiger partial charge in [0.2, 0.25) is 0 Å². The van der Waals surface area contributed by atoms with Crippen LogP contribution in [-0.4, -0.2) is 22.1 Å². The average molecular weight is 338 g/mol. The van der Waals surface area contributed by atoms with Gasteiger partial charge in [0.15, 0.2) is 5.69 Å². The minimum Gasteiger partial charge on any atom is -0.362 e. The third kappa shape index (κ3) is 5.02. The average Bonchev–Trinajstić information content (AvgIpc) is 2.91. The van der Waals surface area contributed by atoms with E-state index >= 15 is 0 Å². The van der Waals surface area contributed by atoms with Crippen LogP contribution in [0, 0.1) is 0 Å². The number of aromatic nitrogens is 2. The first-order valence-electron chi connectivity index (χ1n) is 9.18. The Balaban J connectivity index is 1.57. The fourth-order valence-electron chi connectivity index (χ4n) is 3.26. The molecule has 2 aromatic rings. The molecule has 2 N–H and O–H groups in total. The van der Waals surface area contributed by atoms with Gasteiger partial charge in [0.1, 0.15) is 5.82 Å². The van der Waals surface area contributed by atoms with Gasteiger partial charge < -0.3 is 10.6 Å². The summed E-state index contributed by atoms with van der Waals surface area (Å²) >= 11 is 0. The van der Waals surface area contributed by atoms with Crippen LogP contribution in [0.1, 0.15) is 67.5 Å². The van der Waals surface area contributed by atoms with Crippen LogP contribution in [0.3, 0.4) is 0 Å². The van der Waals surface area contributed by atoms with Crippen molar-refractivity contribution in [3.8, 4) is 0 Å². The standard InChI is InChI=1S/C20H26N4O/c1-15(16-9-5-4-6-10-16)21-19-14-13-18(23-24-19)20(25)22-17-11-7-2-3-8-12-17/h4-6,9-10,13-15,17H,2-3,7-8,11-12H2,1H3,(H,21,24)(H,22,25). The lowest BCUT2D eigenvalue weighted by molar-refractivity contribution is 0.0927. The molecule has 0 saturated heterocycles. The summed E-state index contributed by atoms with van der Waals surface area (Å²) in [6.45, 7) is 2.07. The minimum atomic E-state index is -0.123. The predicted octanol–water partition coefficient (Wildman–Crippen LogP) is 4.10. The Bertz CT molecular complexity index is 664. The van der Waals surface area contributed by atoms with Gasteiger partial charge in [0.05, 0.1) is 0 Å². The third-order valence-electron chi connectivity index (χ3n) is 4.75. The van der Waals surface area contributed by atoms with Crippen LogP contribution in [0.15, 0.2) is 42.5 Å². The Hall–Kier alpha value is -2.43. The summed E-state index contributed by atoms with van der Waals surface area (Å²) in [7, 11) is 0. The van der Waals surface area contributed by atoms with Crippen LogP contribution in [0.4, 0.5) is 5.82 Å². The first-order valence-corrected chi connectivity index (χ1v) is 9.18. The van der Waals surface area contributed by atoms with Crippen LogP contribution in [0.2, 0.25) is 0 Å². The second kappa shape index (κ2) is 8.60. The zero-order valence-electron chi connectivity index (χ0n) is 14.7. The molecule has 1 aliphatic carbocycles. The topological polar surface area (TPSA) is 66.9 Å². The van der Waals surface area contributed by atoms with Gasteiger partial charge in [-0.1, -0.05) is 56.0 Å². The molecule has 1 amide bonds. The van der Waals surface area contributed by atoms with Gasteiger partial charge >= 0.3 is 0 Å². The Kier molecular flexibility index (Phi) is 5.99. The van der Waals surface area contributed by atoms with E-state index in [9.17, 15) is 4.79 Å². The van der Waals surface area contributed by atoms with E-state index in [2.05, 4.69) is 39.9 Å². The van der Waals surface area contributed by atoms with E-state index in [4.69, 9.17) is 0 Å². The van der Waals surface area contributed by atoms with E-state index < -0.39 is 0 Å². The molecular formula is C20H26N4O. The number of hydrogen-bond acceptors (Lipinski definition) is 4. The molecule has 0 spiro atoms. The number of rotatable bonds is 5. The second-order valence-electron chi connectivity index (χ2n) is 6.74. The molecule has 1 aliphatic rings. The predicted molar refractivity (Wildman–Crippen MR) is 99.5 cm³/mol. The van der Waals surface area contributed by atoms with Crippen LogP contribution >= 0.6 is 0 Å². The first-order chi connectivity index (χ1) is 12.2. The van der Waals surface area contributed by atoms with E-state index in [1.54, 1.807) is 6.07 Å². The molecule has 5 heteroatoms. The fraction of sp³-hybridized carbons (Fsp3) is 0.450. The van der Waals surface area contributed by atoms with Crippen molar-refractivity contribution in [2.24, 2.45) is 0 Å². The molecule has 0 aliphatic heterocycles. The van der Waals surface area contributed by atoms with Gasteiger partial charge in [0, 0.05) is 12.1 Å². The third-order valence-corrected chi connectivity index (χ3v) is 4.75. The van der Waals surface area contributed by atoms with E-state index in [1.165, 1.54) is 31.2 Å². The maximum Gasteiger partial charge on any atom is 0.272 e. The minimum absolute atomic E-state index is 0.123. The highest BCUT2D eigenvalue weighted by Crippen LogP contribution is 2.18. The van der Waals surface area contributed by atoms with Crippen molar-refractivity contribution in [1.82, 2.24) is 15.5 Å². The number of nitrogens with zero attached hydrogens (tertiary/aromatic N) is 2. The molecule has 1 aromatic carbocycles. The van der Waals surface area contributed by atoms with Crippen molar-refractivity contribution in [3.63, 3.8) is 0 Å². The quantitative estimate of drug-likeness (QED) is 0.805. The molecule has 1 fully saturated rings. The number of nitrogens with one attached hydrogen (secondary N) is 2. The number of hydrogen-bond donors (Lipinski definition) is 2. The summed E-state index contributed by atoms with van der Waals surface area (Å²) in [5, 5.41) is 14.7. The maximum atomic E-state index is 12.3. The first kappa shape index (κ1) is 17.4. The summed E-state index contributed by atoms with van der Waals surface area (Å²) in [5.41, 5.74) is 1.56. The maximum absolute atomic E-state index is 12.3. The van der Waals surface area contributed by atoms with Crippen LogP contribution in [0.5, 0.6) is 0 Å². The summed E-state index contributed by atoms with van der Waals surface area (Å²) in [6, 6.07) is 14.1. The highest BCUT2D eigenvalue weighted by molar-refractivity contribution is 5.92. The monoisotopic (exact) mass is 338 g/mol. The molecule has 1 unspecified atom stereocenters. The summed E-state index contributed by atoms with van der Waals surface area (Å²) in [4.78, 5) is 12.3. The van der Waals surface area contributed by atoms with E-state index in [-0.39, 0.29) is 18.0 Å². The molecule has 5 nitrogen and oxygen atoms in total. The van der Waals surface area contributed by atoms with Crippen LogP contribution in [0.25, 0.3) is 0 Å². The molecule has 1 saturated carbocycles. The summed E-state index contributed by atoms with van der Waals surface area (Å²) in [5.74, 6) is 0.546. The molecule has 25 heavy (non-hydrogen) atoms. The molecule has 0 bridgehead atoms. The molecule has 0 radical (unpaired) electrons. The van der Waals surface area contributed by atoms with Crippen molar-refractivity contribution < 1.29 is 4.79 Å². The van der Waals surface area contributed by atoms with Crippen LogP contribution in [-0.2, 0) is 0 Å². The molecule has 1 atom stereocenters. The lowest BCUT2D eigenvalue weighted by atomic mass is 10.1. The van der Waals surface area contributed by atoms with E-state index in [1.807, 2.05) is 24.3 Å². The summed E-state index contributed by atoms with van der Waals surface area (Å²) < 4.78 is 0. The Morgan fingerprint density at radius 1 is 1.00 bits per heavy atom. The smallest absolute Gasteiger partial charge is 0.272 e. The van der Waals surface area contributed by atoms with Crippen molar-refractivity contribution in [3.05, 3.63) is 53.7 Å². The van der Waals surface area contributed by atoms with Gasteiger partial charge in [-0.25, -0.2) is 0 Å². The van der Waals surface area contributed by atoms with E-state index in [0.29, 0.717) is 11.5 Å². The molecule has 1 heterocycles. The number of anilines is 1. The molecule has 132 valence electrons. The van der Waals surface area contributed by atoms with Gasteiger partial charge in [-0.2, -0.15) is 0 Å². The number of carbonyl (C=O) groups excluding carboxylic acids is 1. The zero-order valence-corrected chi connectivity index (χ0v) is 14.7. The summed E-state index contributed by atoms with van der Waals surface area (Å²) in [6.07, 6.45) is 7.05. The Morgan fingerprint density at radius 2 is 1.72 bits per heavy atom. The number of amides is 1. The van der Waals surface area contributed by atoms with Gasteiger partial charge in [0.25, 0.3) is 5.91 Å². The largest absolute Gasteiger partial charge is 0.362 e. The highest BCUT2D eigenvalue weighted by Gasteiger charge is 2.17. The second-order valence-corrected chi connectivity index (χ2v) is 6.74. The molecule has 3 rings (SSSR count). The van der Waals surface area contributed by atoms with Crippen molar-refractivity contribution in [2.75, 3.05) is 5.32 Å². The number of benzene rings is 1. The normalized spacial score (nSPS) is 16.7. The van der Waals surface area contributed by atoms with Crippen molar-refractivity contribution in [2.45, 2.75) is 57.5 Å². The molecule has 1 aromatic heterocycles.